The summed E-state index contributed by atoms with van der Waals surface area (Å²) in [7, 11) is 0. The molecular formula is C6H3F2IN2O3. The molecule has 1 rings (SSSR count). The van der Waals surface area contributed by atoms with Crippen LogP contribution in [0.2, 0.25) is 0 Å². The van der Waals surface area contributed by atoms with Gasteiger partial charge in [-0.15, -0.1) is 0 Å². The minimum atomic E-state index is -2.97. The molecule has 0 saturated heterocycles. The molecule has 0 bridgehead atoms. The first-order chi connectivity index (χ1) is 6.45. The maximum Gasteiger partial charge on any atom is 0.377 e. The van der Waals surface area contributed by atoms with E-state index in [1.807, 2.05) is 0 Å². The maximum atomic E-state index is 12.3. The minimum Gasteiger partial charge on any atom is -0.504 e. The lowest BCUT2D eigenvalue weighted by atomic mass is 10.2. The summed E-state index contributed by atoms with van der Waals surface area (Å²) in [6.07, 6.45) is -2.33. The van der Waals surface area contributed by atoms with Crippen LogP contribution in [-0.4, -0.2) is 15.0 Å². The van der Waals surface area contributed by atoms with Crippen LogP contribution in [0.25, 0.3) is 0 Å². The normalized spacial score (nSPS) is 10.6. The van der Waals surface area contributed by atoms with Crippen LogP contribution in [-0.2, 0) is 0 Å². The van der Waals surface area contributed by atoms with E-state index < -0.39 is 28.5 Å². The van der Waals surface area contributed by atoms with Crippen LogP contribution in [0.5, 0.6) is 5.75 Å². The number of alkyl halides is 2. The highest BCUT2D eigenvalue weighted by Crippen LogP contribution is 2.35. The number of aromatic nitrogens is 1. The molecule has 1 aromatic rings. The Labute approximate surface area is 90.1 Å². The Morgan fingerprint density at radius 3 is 2.64 bits per heavy atom. The zero-order valence-corrected chi connectivity index (χ0v) is 8.60. The van der Waals surface area contributed by atoms with Crippen molar-refractivity contribution in [2.75, 3.05) is 0 Å². The quantitative estimate of drug-likeness (QED) is 0.516. The van der Waals surface area contributed by atoms with E-state index in [1.165, 1.54) is 22.6 Å². The van der Waals surface area contributed by atoms with Gasteiger partial charge in [0.25, 0.3) is 6.43 Å². The summed E-state index contributed by atoms with van der Waals surface area (Å²) in [5, 5.41) is 19.3. The average Bonchev–Trinajstić information content (AvgIpc) is 2.02. The van der Waals surface area contributed by atoms with Gasteiger partial charge in [0.05, 0.1) is 5.56 Å². The Balaban J connectivity index is 3.41. The van der Waals surface area contributed by atoms with Crippen molar-refractivity contribution in [2.45, 2.75) is 6.43 Å². The summed E-state index contributed by atoms with van der Waals surface area (Å²) in [6.45, 7) is 0. The number of nitrogens with zero attached hydrogens (tertiary/aromatic N) is 2. The third kappa shape index (κ3) is 1.89. The summed E-state index contributed by atoms with van der Waals surface area (Å²) in [4.78, 5) is 12.7. The molecule has 0 amide bonds. The van der Waals surface area contributed by atoms with Gasteiger partial charge in [0.15, 0.2) is 11.9 Å². The van der Waals surface area contributed by atoms with Crippen molar-refractivity contribution in [2.24, 2.45) is 0 Å². The van der Waals surface area contributed by atoms with Crippen molar-refractivity contribution < 1.29 is 18.8 Å². The third-order valence-electron chi connectivity index (χ3n) is 1.41. The molecule has 8 heteroatoms. The molecule has 1 aromatic heterocycles. The SMILES string of the molecule is O=[N+]([O-])c1ncc(O)c(C(F)F)c1I. The van der Waals surface area contributed by atoms with Crippen LogP contribution in [0, 0.1) is 13.7 Å². The first kappa shape index (κ1) is 11.0. The number of hydrogen-bond donors (Lipinski definition) is 1. The predicted octanol–water partition coefficient (Wildman–Crippen LogP) is 2.24. The predicted molar refractivity (Wildman–Crippen MR) is 50.2 cm³/mol. The fraction of sp³-hybridized carbons (Fsp3) is 0.167. The maximum absolute atomic E-state index is 12.3. The van der Waals surface area contributed by atoms with Gasteiger partial charge in [0.2, 0.25) is 0 Å². The van der Waals surface area contributed by atoms with E-state index in [1.54, 1.807) is 0 Å². The largest absolute Gasteiger partial charge is 0.504 e. The lowest BCUT2D eigenvalue weighted by Crippen LogP contribution is -2.00. The van der Waals surface area contributed by atoms with E-state index in [2.05, 4.69) is 4.98 Å². The van der Waals surface area contributed by atoms with Crippen LogP contribution in [0.1, 0.15) is 12.0 Å². The fourth-order valence-corrected chi connectivity index (χ4v) is 1.66. The molecule has 0 aliphatic heterocycles. The van der Waals surface area contributed by atoms with Gasteiger partial charge in [-0.05, 0) is 32.5 Å². The number of halogens is 3. The van der Waals surface area contributed by atoms with Crippen LogP contribution >= 0.6 is 22.6 Å². The van der Waals surface area contributed by atoms with E-state index >= 15 is 0 Å². The van der Waals surface area contributed by atoms with Crippen molar-refractivity contribution in [1.29, 1.82) is 0 Å². The molecule has 5 nitrogen and oxygen atoms in total. The van der Waals surface area contributed by atoms with Gasteiger partial charge in [0, 0.05) is 0 Å². The fourth-order valence-electron chi connectivity index (χ4n) is 0.816. The second-order valence-corrected chi connectivity index (χ2v) is 3.33. The van der Waals surface area contributed by atoms with Crippen molar-refractivity contribution in [3.63, 3.8) is 0 Å². The zero-order valence-electron chi connectivity index (χ0n) is 6.45. The van der Waals surface area contributed by atoms with Crippen molar-refractivity contribution in [3.8, 4) is 5.75 Å². The molecule has 1 N–H and O–H groups in total. The molecule has 0 spiro atoms. The van der Waals surface area contributed by atoms with Crippen LogP contribution < -0.4 is 0 Å². The molecule has 0 radical (unpaired) electrons. The zero-order chi connectivity index (χ0) is 10.9. The molecule has 76 valence electrons. The molecule has 0 aliphatic rings. The van der Waals surface area contributed by atoms with E-state index in [0.717, 1.165) is 0 Å². The Kier molecular flexibility index (Phi) is 3.13. The smallest absolute Gasteiger partial charge is 0.377 e. The van der Waals surface area contributed by atoms with Crippen molar-refractivity contribution in [3.05, 3.63) is 25.4 Å². The van der Waals surface area contributed by atoms with Gasteiger partial charge < -0.3 is 15.2 Å². The van der Waals surface area contributed by atoms with Gasteiger partial charge in [0.1, 0.15) is 3.57 Å². The third-order valence-corrected chi connectivity index (χ3v) is 2.47. The standard InChI is InChI=1S/C6H3F2IN2O3/c7-5(8)3-2(12)1-10-6(4(3)9)11(13)14/h1,5,12H. The van der Waals surface area contributed by atoms with Gasteiger partial charge in [-0.3, -0.25) is 0 Å². The second-order valence-electron chi connectivity index (χ2n) is 2.25. The second kappa shape index (κ2) is 3.98. The minimum absolute atomic E-state index is 0.345. The molecule has 0 saturated carbocycles. The highest BCUT2D eigenvalue weighted by molar-refractivity contribution is 14.1. The first-order valence-electron chi connectivity index (χ1n) is 3.25. The number of rotatable bonds is 2. The topological polar surface area (TPSA) is 76.3 Å². The Morgan fingerprint density at radius 2 is 2.21 bits per heavy atom. The number of nitro groups is 1. The molecule has 1 heterocycles. The van der Waals surface area contributed by atoms with E-state index in [4.69, 9.17) is 5.11 Å². The number of hydrogen-bond acceptors (Lipinski definition) is 4. The Morgan fingerprint density at radius 1 is 1.64 bits per heavy atom. The summed E-state index contributed by atoms with van der Waals surface area (Å²) >= 11 is 1.35. The molecule has 0 aromatic carbocycles. The van der Waals surface area contributed by atoms with Gasteiger partial charge in [-0.25, -0.2) is 8.78 Å². The average molecular weight is 316 g/mol. The summed E-state index contributed by atoms with van der Waals surface area (Å²) in [5.41, 5.74) is -0.757. The molecule has 14 heavy (non-hydrogen) atoms. The molecule has 0 atom stereocenters. The molecule has 0 aliphatic carbocycles. The van der Waals surface area contributed by atoms with Crippen molar-refractivity contribution in [1.82, 2.24) is 4.98 Å². The van der Waals surface area contributed by atoms with E-state index in [-0.39, 0.29) is 3.57 Å². The van der Waals surface area contributed by atoms with Crippen LogP contribution in [0.4, 0.5) is 14.6 Å². The summed E-state index contributed by atoms with van der Waals surface area (Å²) in [5.74, 6) is -1.42. The first-order valence-corrected chi connectivity index (χ1v) is 4.33. The highest BCUT2D eigenvalue weighted by atomic mass is 127. The Hall–Kier alpha value is -1.06. The molecule has 0 fully saturated rings. The van der Waals surface area contributed by atoms with Gasteiger partial charge in [-0.1, -0.05) is 0 Å². The number of aromatic hydroxyl groups is 1. The monoisotopic (exact) mass is 316 g/mol. The van der Waals surface area contributed by atoms with Crippen LogP contribution in [0.15, 0.2) is 6.20 Å². The summed E-state index contributed by atoms with van der Waals surface area (Å²) in [6, 6.07) is 0. The number of pyridine rings is 1. The van der Waals surface area contributed by atoms with Crippen molar-refractivity contribution >= 4 is 28.4 Å². The van der Waals surface area contributed by atoms with E-state index in [9.17, 15) is 18.9 Å². The molecular weight excluding hydrogens is 313 g/mol. The lowest BCUT2D eigenvalue weighted by molar-refractivity contribution is -0.390. The molecule has 0 unspecified atom stereocenters. The Bertz CT molecular complexity index is 386. The van der Waals surface area contributed by atoms with Gasteiger partial charge in [-0.2, -0.15) is 0 Å². The van der Waals surface area contributed by atoms with Crippen LogP contribution in [0.3, 0.4) is 0 Å². The lowest BCUT2D eigenvalue weighted by Gasteiger charge is -2.04. The summed E-state index contributed by atoms with van der Waals surface area (Å²) < 4.78 is 24.3. The van der Waals surface area contributed by atoms with Gasteiger partial charge >= 0.3 is 5.82 Å². The highest BCUT2D eigenvalue weighted by Gasteiger charge is 2.26. The van der Waals surface area contributed by atoms with E-state index in [0.29, 0.717) is 6.20 Å².